The predicted octanol–water partition coefficient (Wildman–Crippen LogP) is 2.67. The fourth-order valence-electron chi connectivity index (χ4n) is 3.69. The van der Waals surface area contributed by atoms with Crippen molar-refractivity contribution in [3.63, 3.8) is 0 Å². The molecule has 1 saturated heterocycles. The molecule has 0 aromatic carbocycles. The molecule has 28 heavy (non-hydrogen) atoms. The summed E-state index contributed by atoms with van der Waals surface area (Å²) in [6.45, 7) is 10.2. The average molecular weight is 378 g/mol. The SMILES string of the molecule is Cc1nc2c(cnn2C(C)C)cc1C(=O)N1CCN(Cc2ccncc2)CC1. The molecular formula is C21H26N6O. The third-order valence-corrected chi connectivity index (χ3v) is 5.29. The van der Waals surface area contributed by atoms with Crippen LogP contribution in [0, 0.1) is 6.92 Å². The van der Waals surface area contributed by atoms with Gasteiger partial charge < -0.3 is 4.90 Å². The van der Waals surface area contributed by atoms with Gasteiger partial charge in [-0.2, -0.15) is 5.10 Å². The zero-order valence-corrected chi connectivity index (χ0v) is 16.7. The maximum absolute atomic E-state index is 13.1. The van der Waals surface area contributed by atoms with E-state index in [1.54, 1.807) is 6.20 Å². The Morgan fingerprint density at radius 3 is 2.54 bits per heavy atom. The molecule has 0 aliphatic carbocycles. The van der Waals surface area contributed by atoms with E-state index in [4.69, 9.17) is 0 Å². The van der Waals surface area contributed by atoms with Gasteiger partial charge in [0.2, 0.25) is 0 Å². The lowest BCUT2D eigenvalue weighted by atomic mass is 10.1. The van der Waals surface area contributed by atoms with Crippen LogP contribution in [0.15, 0.2) is 36.8 Å². The van der Waals surface area contributed by atoms with Gasteiger partial charge in [-0.3, -0.25) is 14.7 Å². The van der Waals surface area contributed by atoms with Crippen molar-refractivity contribution in [1.29, 1.82) is 0 Å². The molecule has 0 radical (unpaired) electrons. The van der Waals surface area contributed by atoms with Crippen molar-refractivity contribution < 1.29 is 4.79 Å². The van der Waals surface area contributed by atoms with Crippen molar-refractivity contribution in [3.8, 4) is 0 Å². The molecule has 146 valence electrons. The number of piperazine rings is 1. The molecule has 0 unspecified atom stereocenters. The van der Waals surface area contributed by atoms with Gasteiger partial charge >= 0.3 is 0 Å². The molecule has 4 heterocycles. The normalized spacial score (nSPS) is 15.5. The van der Waals surface area contributed by atoms with E-state index in [0.717, 1.165) is 49.5 Å². The Morgan fingerprint density at radius 2 is 1.86 bits per heavy atom. The van der Waals surface area contributed by atoms with Gasteiger partial charge in [-0.15, -0.1) is 0 Å². The Bertz CT molecular complexity index is 973. The zero-order chi connectivity index (χ0) is 19.7. The minimum Gasteiger partial charge on any atom is -0.336 e. The van der Waals surface area contributed by atoms with E-state index in [1.807, 2.05) is 47.1 Å². The zero-order valence-electron chi connectivity index (χ0n) is 16.7. The second-order valence-corrected chi connectivity index (χ2v) is 7.64. The summed E-state index contributed by atoms with van der Waals surface area (Å²) in [6, 6.07) is 6.26. The number of fused-ring (bicyclic) bond motifs is 1. The summed E-state index contributed by atoms with van der Waals surface area (Å²) in [7, 11) is 0. The van der Waals surface area contributed by atoms with E-state index in [9.17, 15) is 4.79 Å². The number of pyridine rings is 2. The lowest BCUT2D eigenvalue weighted by molar-refractivity contribution is 0.0627. The molecule has 7 nitrogen and oxygen atoms in total. The number of nitrogens with zero attached hydrogens (tertiary/aromatic N) is 6. The van der Waals surface area contributed by atoms with Gasteiger partial charge in [0.1, 0.15) is 0 Å². The van der Waals surface area contributed by atoms with Crippen LogP contribution in [-0.4, -0.2) is 61.6 Å². The van der Waals surface area contributed by atoms with Crippen LogP contribution in [0.3, 0.4) is 0 Å². The molecule has 3 aromatic rings. The van der Waals surface area contributed by atoms with Gasteiger partial charge in [0, 0.05) is 56.5 Å². The van der Waals surface area contributed by atoms with Crippen LogP contribution in [0.1, 0.15) is 41.5 Å². The Balaban J connectivity index is 1.46. The number of aryl methyl sites for hydroxylation is 1. The Labute approximate surface area is 165 Å². The van der Waals surface area contributed by atoms with Gasteiger partial charge in [-0.05, 0) is 44.5 Å². The second kappa shape index (κ2) is 7.67. The van der Waals surface area contributed by atoms with Crippen LogP contribution < -0.4 is 0 Å². The van der Waals surface area contributed by atoms with E-state index < -0.39 is 0 Å². The molecule has 1 aliphatic rings. The smallest absolute Gasteiger partial charge is 0.255 e. The maximum Gasteiger partial charge on any atom is 0.255 e. The third-order valence-electron chi connectivity index (χ3n) is 5.29. The molecule has 0 spiro atoms. The highest BCUT2D eigenvalue weighted by atomic mass is 16.2. The molecule has 0 saturated carbocycles. The van der Waals surface area contributed by atoms with E-state index in [2.05, 4.69) is 33.8 Å². The number of aromatic nitrogens is 4. The molecular weight excluding hydrogens is 352 g/mol. The van der Waals surface area contributed by atoms with Gasteiger partial charge in [-0.25, -0.2) is 9.67 Å². The lowest BCUT2D eigenvalue weighted by Crippen LogP contribution is -2.48. The minimum absolute atomic E-state index is 0.0627. The van der Waals surface area contributed by atoms with Crippen molar-refractivity contribution in [2.45, 2.75) is 33.4 Å². The van der Waals surface area contributed by atoms with Crippen molar-refractivity contribution in [3.05, 3.63) is 53.6 Å². The molecule has 1 aliphatic heterocycles. The van der Waals surface area contributed by atoms with E-state index in [0.29, 0.717) is 5.56 Å². The van der Waals surface area contributed by atoms with Crippen molar-refractivity contribution >= 4 is 16.9 Å². The van der Waals surface area contributed by atoms with Crippen molar-refractivity contribution in [2.24, 2.45) is 0 Å². The lowest BCUT2D eigenvalue weighted by Gasteiger charge is -2.35. The summed E-state index contributed by atoms with van der Waals surface area (Å²) >= 11 is 0. The first-order chi connectivity index (χ1) is 13.5. The average Bonchev–Trinajstić information content (AvgIpc) is 3.11. The standard InChI is InChI=1S/C21H26N6O/c1-15(2)27-20-18(13-23-27)12-19(16(3)24-20)21(28)26-10-8-25(9-11-26)14-17-4-6-22-7-5-17/h4-7,12-13,15H,8-11,14H2,1-3H3. The van der Waals surface area contributed by atoms with Crippen LogP contribution in [0.25, 0.3) is 11.0 Å². The Morgan fingerprint density at radius 1 is 1.14 bits per heavy atom. The number of rotatable bonds is 4. The Kier molecular flexibility index (Phi) is 5.09. The third kappa shape index (κ3) is 3.62. The number of hydrogen-bond acceptors (Lipinski definition) is 5. The number of carbonyl (C=O) groups is 1. The molecule has 1 fully saturated rings. The fraction of sp³-hybridized carbons (Fsp3) is 0.429. The number of amides is 1. The minimum atomic E-state index is 0.0627. The monoisotopic (exact) mass is 378 g/mol. The highest BCUT2D eigenvalue weighted by Crippen LogP contribution is 2.21. The molecule has 4 rings (SSSR count). The summed E-state index contributed by atoms with van der Waals surface area (Å²) in [4.78, 5) is 26.2. The number of carbonyl (C=O) groups excluding carboxylic acids is 1. The van der Waals surface area contributed by atoms with Crippen LogP contribution in [0.5, 0.6) is 0 Å². The van der Waals surface area contributed by atoms with E-state index in [1.165, 1.54) is 5.56 Å². The van der Waals surface area contributed by atoms with Crippen LogP contribution in [0.4, 0.5) is 0 Å². The quantitative estimate of drug-likeness (QED) is 0.698. The first-order valence-electron chi connectivity index (χ1n) is 9.78. The van der Waals surface area contributed by atoms with Crippen molar-refractivity contribution in [1.82, 2.24) is 29.5 Å². The predicted molar refractivity (Wildman–Crippen MR) is 108 cm³/mol. The summed E-state index contributed by atoms with van der Waals surface area (Å²) in [5.74, 6) is 0.0627. The van der Waals surface area contributed by atoms with Crippen LogP contribution >= 0.6 is 0 Å². The summed E-state index contributed by atoms with van der Waals surface area (Å²) < 4.78 is 1.90. The molecule has 3 aromatic heterocycles. The van der Waals surface area contributed by atoms with E-state index in [-0.39, 0.29) is 11.9 Å². The van der Waals surface area contributed by atoms with Crippen molar-refractivity contribution in [2.75, 3.05) is 26.2 Å². The van der Waals surface area contributed by atoms with Gasteiger partial charge in [0.25, 0.3) is 5.91 Å². The topological polar surface area (TPSA) is 67.2 Å². The van der Waals surface area contributed by atoms with Gasteiger partial charge in [-0.1, -0.05) is 0 Å². The van der Waals surface area contributed by atoms with E-state index >= 15 is 0 Å². The molecule has 1 amide bonds. The first-order valence-corrected chi connectivity index (χ1v) is 9.78. The van der Waals surface area contributed by atoms with Crippen LogP contribution in [-0.2, 0) is 6.54 Å². The second-order valence-electron chi connectivity index (χ2n) is 7.64. The molecule has 0 N–H and O–H groups in total. The molecule has 0 atom stereocenters. The van der Waals surface area contributed by atoms with Crippen LogP contribution in [0.2, 0.25) is 0 Å². The Hall–Kier alpha value is -2.80. The van der Waals surface area contributed by atoms with Gasteiger partial charge in [0.05, 0.1) is 17.5 Å². The summed E-state index contributed by atoms with van der Waals surface area (Å²) in [5.41, 5.74) is 3.53. The highest BCUT2D eigenvalue weighted by Gasteiger charge is 2.24. The molecule has 7 heteroatoms. The maximum atomic E-state index is 13.1. The molecule has 0 bridgehead atoms. The fourth-order valence-corrected chi connectivity index (χ4v) is 3.69. The summed E-state index contributed by atoms with van der Waals surface area (Å²) in [5, 5.41) is 5.33. The first kappa shape index (κ1) is 18.6. The van der Waals surface area contributed by atoms with Gasteiger partial charge in [0.15, 0.2) is 5.65 Å². The number of hydrogen-bond donors (Lipinski definition) is 0. The summed E-state index contributed by atoms with van der Waals surface area (Å²) in [6.07, 6.45) is 5.44. The highest BCUT2D eigenvalue weighted by molar-refractivity contribution is 5.98. The largest absolute Gasteiger partial charge is 0.336 e.